The molecule has 148 valence electrons. The van der Waals surface area contributed by atoms with E-state index in [2.05, 4.69) is 20.4 Å². The summed E-state index contributed by atoms with van der Waals surface area (Å²) in [6.45, 7) is 7.92. The highest BCUT2D eigenvalue weighted by Gasteiger charge is 2.40. The molecule has 27 heavy (non-hydrogen) atoms. The third kappa shape index (κ3) is 4.23. The molecule has 0 aliphatic carbocycles. The summed E-state index contributed by atoms with van der Waals surface area (Å²) in [7, 11) is -3.06. The Morgan fingerprint density at radius 3 is 2.89 bits per heavy atom. The lowest BCUT2D eigenvalue weighted by Gasteiger charge is -2.39. The van der Waals surface area contributed by atoms with Gasteiger partial charge in [0.25, 0.3) is 0 Å². The molecule has 2 aromatic heterocycles. The number of aliphatic imine (C=N–C) groups is 1. The van der Waals surface area contributed by atoms with Gasteiger partial charge in [0, 0.05) is 38.8 Å². The molecule has 1 N–H and O–H groups in total. The molecule has 0 amide bonds. The van der Waals surface area contributed by atoms with E-state index in [1.807, 2.05) is 35.7 Å². The standard InChI is InChI=1S/C18H28N6O2S/c1-4-19-17(23-12-13-27(25,26)18(2,3)14-23)20-10-7-9-16-22-21-15-8-5-6-11-24(15)16/h5-6,8,11H,4,7,9-10,12-14H2,1-3H3,(H,19,20). The maximum atomic E-state index is 12.2. The van der Waals surface area contributed by atoms with Crippen LogP contribution >= 0.6 is 0 Å². The number of nitrogens with zero attached hydrogens (tertiary/aromatic N) is 5. The van der Waals surface area contributed by atoms with Crippen molar-refractivity contribution in [3.63, 3.8) is 0 Å². The van der Waals surface area contributed by atoms with E-state index in [0.717, 1.165) is 36.8 Å². The van der Waals surface area contributed by atoms with Gasteiger partial charge in [0.2, 0.25) is 0 Å². The third-order valence-corrected chi connectivity index (χ3v) is 7.42. The van der Waals surface area contributed by atoms with Crippen molar-refractivity contribution in [3.8, 4) is 0 Å². The molecule has 0 unspecified atom stereocenters. The van der Waals surface area contributed by atoms with Crippen molar-refractivity contribution in [2.45, 2.75) is 38.4 Å². The van der Waals surface area contributed by atoms with Gasteiger partial charge >= 0.3 is 0 Å². The molecule has 0 aromatic carbocycles. The van der Waals surface area contributed by atoms with Crippen LogP contribution in [-0.2, 0) is 16.3 Å². The molecule has 3 heterocycles. The Hall–Kier alpha value is -2.16. The first-order valence-electron chi connectivity index (χ1n) is 9.38. The van der Waals surface area contributed by atoms with E-state index >= 15 is 0 Å². The summed E-state index contributed by atoms with van der Waals surface area (Å²) in [5.41, 5.74) is 0.848. The van der Waals surface area contributed by atoms with Crippen molar-refractivity contribution in [2.75, 3.05) is 31.9 Å². The van der Waals surface area contributed by atoms with Crippen LogP contribution in [-0.4, -0.2) is 70.6 Å². The summed E-state index contributed by atoms with van der Waals surface area (Å²) in [6.07, 6.45) is 3.60. The predicted octanol–water partition coefficient (Wildman–Crippen LogP) is 1.14. The van der Waals surface area contributed by atoms with Crippen molar-refractivity contribution in [1.82, 2.24) is 24.8 Å². The van der Waals surface area contributed by atoms with E-state index in [1.54, 1.807) is 13.8 Å². The van der Waals surface area contributed by atoms with E-state index < -0.39 is 14.6 Å². The largest absolute Gasteiger partial charge is 0.357 e. The molecule has 0 atom stereocenters. The van der Waals surface area contributed by atoms with Gasteiger partial charge in [-0.15, -0.1) is 10.2 Å². The fourth-order valence-electron chi connectivity index (χ4n) is 3.23. The van der Waals surface area contributed by atoms with Gasteiger partial charge in [-0.1, -0.05) is 6.07 Å². The minimum Gasteiger partial charge on any atom is -0.357 e. The first kappa shape index (κ1) is 19.6. The van der Waals surface area contributed by atoms with Crippen LogP contribution in [0.15, 0.2) is 29.4 Å². The van der Waals surface area contributed by atoms with Crippen molar-refractivity contribution in [1.29, 1.82) is 0 Å². The van der Waals surface area contributed by atoms with Gasteiger partial charge in [-0.2, -0.15) is 0 Å². The number of pyridine rings is 1. The van der Waals surface area contributed by atoms with Crippen LogP contribution in [0, 0.1) is 0 Å². The van der Waals surface area contributed by atoms with Gasteiger partial charge in [0.1, 0.15) is 5.82 Å². The Balaban J connectivity index is 1.62. The highest BCUT2D eigenvalue weighted by atomic mass is 32.2. The molecule has 1 aliphatic heterocycles. The monoisotopic (exact) mass is 392 g/mol. The van der Waals surface area contributed by atoms with Crippen LogP contribution in [0.5, 0.6) is 0 Å². The Labute approximate surface area is 160 Å². The molecule has 8 nitrogen and oxygen atoms in total. The summed E-state index contributed by atoms with van der Waals surface area (Å²) >= 11 is 0. The Morgan fingerprint density at radius 1 is 1.33 bits per heavy atom. The lowest BCUT2D eigenvalue weighted by molar-refractivity contribution is 0.353. The zero-order valence-electron chi connectivity index (χ0n) is 16.2. The maximum Gasteiger partial charge on any atom is 0.193 e. The lowest BCUT2D eigenvalue weighted by atomic mass is 10.2. The minimum atomic E-state index is -3.06. The second-order valence-corrected chi connectivity index (χ2v) is 10.1. The molecular weight excluding hydrogens is 364 g/mol. The Bertz CT molecular complexity index is 919. The second kappa shape index (κ2) is 7.84. The first-order chi connectivity index (χ1) is 12.8. The van der Waals surface area contributed by atoms with Crippen molar-refractivity contribution in [3.05, 3.63) is 30.2 Å². The first-order valence-corrected chi connectivity index (χ1v) is 11.0. The van der Waals surface area contributed by atoms with Crippen molar-refractivity contribution >= 4 is 21.4 Å². The molecule has 0 spiro atoms. The zero-order chi connectivity index (χ0) is 19.5. The van der Waals surface area contributed by atoms with Crippen LogP contribution in [0.2, 0.25) is 0 Å². The van der Waals surface area contributed by atoms with Crippen LogP contribution in [0.3, 0.4) is 0 Å². The summed E-state index contributed by atoms with van der Waals surface area (Å²) in [5.74, 6) is 1.87. The quantitative estimate of drug-likeness (QED) is 0.466. The smallest absolute Gasteiger partial charge is 0.193 e. The van der Waals surface area contributed by atoms with E-state index in [4.69, 9.17) is 4.99 Å². The topological polar surface area (TPSA) is 92.0 Å². The number of aryl methyl sites for hydroxylation is 1. The molecule has 1 fully saturated rings. The average Bonchev–Trinajstić information content (AvgIpc) is 3.03. The van der Waals surface area contributed by atoms with Gasteiger partial charge in [0.15, 0.2) is 21.4 Å². The third-order valence-electron chi connectivity index (χ3n) is 4.88. The van der Waals surface area contributed by atoms with Crippen molar-refractivity contribution in [2.24, 2.45) is 4.99 Å². The number of guanidine groups is 1. The number of nitrogens with one attached hydrogen (secondary N) is 1. The van der Waals surface area contributed by atoms with E-state index in [-0.39, 0.29) is 5.75 Å². The van der Waals surface area contributed by atoms with Crippen LogP contribution in [0.25, 0.3) is 5.65 Å². The number of rotatable bonds is 5. The summed E-state index contributed by atoms with van der Waals surface area (Å²) in [6, 6.07) is 5.85. The Kier molecular flexibility index (Phi) is 5.69. The average molecular weight is 393 g/mol. The Morgan fingerprint density at radius 2 is 2.15 bits per heavy atom. The number of sulfone groups is 1. The van der Waals surface area contributed by atoms with E-state index in [1.165, 1.54) is 0 Å². The number of aromatic nitrogens is 3. The molecule has 0 saturated carbocycles. The van der Waals surface area contributed by atoms with Gasteiger partial charge in [-0.05, 0) is 39.3 Å². The van der Waals surface area contributed by atoms with E-state index in [9.17, 15) is 8.42 Å². The summed E-state index contributed by atoms with van der Waals surface area (Å²) in [5, 5.41) is 11.7. The highest BCUT2D eigenvalue weighted by Crippen LogP contribution is 2.23. The second-order valence-electron chi connectivity index (χ2n) is 7.38. The molecule has 0 radical (unpaired) electrons. The van der Waals surface area contributed by atoms with Crippen LogP contribution in [0.4, 0.5) is 0 Å². The van der Waals surface area contributed by atoms with Crippen LogP contribution < -0.4 is 5.32 Å². The predicted molar refractivity (Wildman–Crippen MR) is 107 cm³/mol. The molecule has 9 heteroatoms. The van der Waals surface area contributed by atoms with Gasteiger partial charge in [0.05, 0.1) is 10.5 Å². The summed E-state index contributed by atoms with van der Waals surface area (Å²) < 4.78 is 25.7. The van der Waals surface area contributed by atoms with Crippen molar-refractivity contribution < 1.29 is 8.42 Å². The van der Waals surface area contributed by atoms with E-state index in [0.29, 0.717) is 19.6 Å². The normalized spacial score (nSPS) is 19.4. The zero-order valence-corrected chi connectivity index (χ0v) is 17.0. The fourth-order valence-corrected chi connectivity index (χ4v) is 4.60. The SMILES string of the molecule is CCNC(=NCCCc1nnc2ccccn12)N1CCS(=O)(=O)C(C)(C)C1. The molecular formula is C18H28N6O2S. The number of hydrogen-bond acceptors (Lipinski definition) is 5. The van der Waals surface area contributed by atoms with Gasteiger partial charge in [-0.25, -0.2) is 8.42 Å². The lowest BCUT2D eigenvalue weighted by Crippen LogP contribution is -2.57. The minimum absolute atomic E-state index is 0.163. The molecule has 1 aliphatic rings. The molecule has 2 aromatic rings. The maximum absolute atomic E-state index is 12.2. The molecule has 1 saturated heterocycles. The highest BCUT2D eigenvalue weighted by molar-refractivity contribution is 7.92. The van der Waals surface area contributed by atoms with Gasteiger partial charge < -0.3 is 10.2 Å². The van der Waals surface area contributed by atoms with Crippen LogP contribution in [0.1, 0.15) is 33.0 Å². The molecule has 3 rings (SSSR count). The number of hydrogen-bond donors (Lipinski definition) is 1. The summed E-state index contributed by atoms with van der Waals surface area (Å²) in [4.78, 5) is 6.76. The fraction of sp³-hybridized carbons (Fsp3) is 0.611. The number of fused-ring (bicyclic) bond motifs is 1. The van der Waals surface area contributed by atoms with Gasteiger partial charge in [-0.3, -0.25) is 9.39 Å². The molecule has 0 bridgehead atoms.